The number of anilines is 1. The SMILES string of the molecule is CCS(=O)(=O)CN(Cl)c1ccc(C(=O)OC)cc1. The summed E-state index contributed by atoms with van der Waals surface area (Å²) in [5.41, 5.74) is 0.881. The van der Waals surface area contributed by atoms with E-state index in [2.05, 4.69) is 4.74 Å². The molecule has 1 rings (SSSR count). The Balaban J connectivity index is 2.82. The van der Waals surface area contributed by atoms with E-state index in [9.17, 15) is 13.2 Å². The Labute approximate surface area is 111 Å². The van der Waals surface area contributed by atoms with Crippen LogP contribution < -0.4 is 4.42 Å². The van der Waals surface area contributed by atoms with E-state index in [1.165, 1.54) is 19.2 Å². The number of benzene rings is 1. The first kappa shape index (κ1) is 14.8. The summed E-state index contributed by atoms with van der Waals surface area (Å²) >= 11 is 5.87. The van der Waals surface area contributed by atoms with Crippen LogP contribution >= 0.6 is 11.8 Å². The zero-order valence-electron chi connectivity index (χ0n) is 10.1. The van der Waals surface area contributed by atoms with Gasteiger partial charge in [-0.2, -0.15) is 0 Å². The number of nitrogens with zero attached hydrogens (tertiary/aromatic N) is 1. The molecule has 0 aromatic heterocycles. The zero-order chi connectivity index (χ0) is 13.8. The molecule has 0 fully saturated rings. The normalized spacial score (nSPS) is 11.1. The number of ether oxygens (including phenoxy) is 1. The van der Waals surface area contributed by atoms with Gasteiger partial charge in [0.2, 0.25) is 0 Å². The maximum atomic E-state index is 11.4. The Morgan fingerprint density at radius 1 is 1.33 bits per heavy atom. The van der Waals surface area contributed by atoms with Crippen LogP contribution in [-0.2, 0) is 14.6 Å². The van der Waals surface area contributed by atoms with Gasteiger partial charge in [0.1, 0.15) is 5.88 Å². The number of hydrogen-bond donors (Lipinski definition) is 0. The molecule has 7 heteroatoms. The summed E-state index contributed by atoms with van der Waals surface area (Å²) in [4.78, 5) is 11.2. The Morgan fingerprint density at radius 3 is 2.33 bits per heavy atom. The fraction of sp³-hybridized carbons (Fsp3) is 0.364. The number of hydrogen-bond acceptors (Lipinski definition) is 5. The van der Waals surface area contributed by atoms with Gasteiger partial charge in [-0.25, -0.2) is 13.2 Å². The van der Waals surface area contributed by atoms with Crippen molar-refractivity contribution in [3.8, 4) is 0 Å². The van der Waals surface area contributed by atoms with Crippen molar-refractivity contribution in [3.05, 3.63) is 29.8 Å². The first-order valence-electron chi connectivity index (χ1n) is 5.21. The lowest BCUT2D eigenvalue weighted by atomic mass is 10.2. The predicted octanol–water partition coefficient (Wildman–Crippen LogP) is 1.83. The summed E-state index contributed by atoms with van der Waals surface area (Å²) in [6.07, 6.45) is 0. The predicted molar refractivity (Wildman–Crippen MR) is 70.4 cm³/mol. The summed E-state index contributed by atoms with van der Waals surface area (Å²) in [5.74, 6) is -0.706. The van der Waals surface area contributed by atoms with E-state index in [-0.39, 0.29) is 11.6 Å². The molecule has 0 heterocycles. The van der Waals surface area contributed by atoms with Gasteiger partial charge in [-0.3, -0.25) is 4.42 Å². The van der Waals surface area contributed by atoms with Crippen LogP contribution in [0, 0.1) is 0 Å². The molecule has 1 aromatic carbocycles. The molecule has 0 unspecified atom stereocenters. The number of carbonyl (C=O) groups excluding carboxylic acids is 1. The first-order chi connectivity index (χ1) is 8.39. The van der Waals surface area contributed by atoms with E-state index in [4.69, 9.17) is 11.8 Å². The minimum absolute atomic E-state index is 0.0243. The fourth-order valence-electron chi connectivity index (χ4n) is 1.22. The summed E-state index contributed by atoms with van der Waals surface area (Å²) < 4.78 is 28.5. The fourth-order valence-corrected chi connectivity index (χ4v) is 2.45. The van der Waals surface area contributed by atoms with Gasteiger partial charge in [-0.05, 0) is 24.3 Å². The molecule has 100 valence electrons. The van der Waals surface area contributed by atoms with Crippen molar-refractivity contribution >= 4 is 33.3 Å². The maximum absolute atomic E-state index is 11.4. The lowest BCUT2D eigenvalue weighted by molar-refractivity contribution is 0.0601. The molecule has 0 spiro atoms. The van der Waals surface area contributed by atoms with Crippen molar-refractivity contribution in [2.45, 2.75) is 6.92 Å². The lowest BCUT2D eigenvalue weighted by Gasteiger charge is -2.15. The topological polar surface area (TPSA) is 63.7 Å². The number of methoxy groups -OCH3 is 1. The molecule has 5 nitrogen and oxygen atoms in total. The van der Waals surface area contributed by atoms with Gasteiger partial charge in [0, 0.05) is 17.5 Å². The molecule has 18 heavy (non-hydrogen) atoms. The monoisotopic (exact) mass is 291 g/mol. The van der Waals surface area contributed by atoms with Crippen molar-refractivity contribution in [1.82, 2.24) is 0 Å². The zero-order valence-corrected chi connectivity index (χ0v) is 11.7. The third kappa shape index (κ3) is 3.89. The van der Waals surface area contributed by atoms with Gasteiger partial charge >= 0.3 is 5.97 Å². The largest absolute Gasteiger partial charge is 0.465 e. The molecule has 1 aromatic rings. The van der Waals surface area contributed by atoms with Crippen molar-refractivity contribution in [3.63, 3.8) is 0 Å². The highest BCUT2D eigenvalue weighted by Crippen LogP contribution is 2.18. The van der Waals surface area contributed by atoms with Gasteiger partial charge < -0.3 is 4.74 Å². The van der Waals surface area contributed by atoms with E-state index < -0.39 is 15.8 Å². The minimum Gasteiger partial charge on any atom is -0.465 e. The van der Waals surface area contributed by atoms with E-state index in [1.54, 1.807) is 19.1 Å². The molecule has 0 aliphatic heterocycles. The van der Waals surface area contributed by atoms with Crippen LogP contribution in [0.2, 0.25) is 0 Å². The third-order valence-corrected chi connectivity index (χ3v) is 4.31. The Morgan fingerprint density at radius 2 is 1.89 bits per heavy atom. The molecule has 0 radical (unpaired) electrons. The van der Waals surface area contributed by atoms with Gasteiger partial charge in [-0.15, -0.1) is 0 Å². The minimum atomic E-state index is -3.20. The maximum Gasteiger partial charge on any atom is 0.337 e. The van der Waals surface area contributed by atoms with Crippen LogP contribution in [0.1, 0.15) is 17.3 Å². The average Bonchev–Trinajstić information content (AvgIpc) is 2.37. The second-order valence-corrected chi connectivity index (χ2v) is 6.29. The van der Waals surface area contributed by atoms with Crippen LogP contribution in [0.5, 0.6) is 0 Å². The number of esters is 1. The number of sulfone groups is 1. The Hall–Kier alpha value is -1.27. The van der Waals surface area contributed by atoms with E-state index in [1.807, 2.05) is 0 Å². The smallest absolute Gasteiger partial charge is 0.337 e. The van der Waals surface area contributed by atoms with Crippen molar-refractivity contribution < 1.29 is 17.9 Å². The Bertz CT molecular complexity index is 512. The molecule has 0 saturated carbocycles. The van der Waals surface area contributed by atoms with Crippen molar-refractivity contribution in [1.29, 1.82) is 0 Å². The van der Waals surface area contributed by atoms with Crippen LogP contribution in [0.3, 0.4) is 0 Å². The highest BCUT2D eigenvalue weighted by atomic mass is 35.5. The second-order valence-electron chi connectivity index (χ2n) is 3.56. The second kappa shape index (κ2) is 6.06. The molecular weight excluding hydrogens is 278 g/mol. The molecule has 0 aliphatic carbocycles. The molecular formula is C11H14ClNO4S. The van der Waals surface area contributed by atoms with E-state index in [0.717, 1.165) is 4.42 Å². The van der Waals surface area contributed by atoms with Gasteiger partial charge in [0.25, 0.3) is 0 Å². The van der Waals surface area contributed by atoms with Crippen LogP contribution in [-0.4, -0.2) is 33.1 Å². The first-order valence-corrected chi connectivity index (χ1v) is 7.37. The standard InChI is InChI=1S/C11H14ClNO4S/c1-3-18(15,16)8-13(12)10-6-4-9(5-7-10)11(14)17-2/h4-7H,3,8H2,1-2H3. The summed E-state index contributed by atoms with van der Waals surface area (Å²) in [6.45, 7) is 1.56. The molecule has 0 aliphatic rings. The molecule has 0 bridgehead atoms. The van der Waals surface area contributed by atoms with E-state index >= 15 is 0 Å². The van der Waals surface area contributed by atoms with Gasteiger partial charge in [0.05, 0.1) is 18.4 Å². The van der Waals surface area contributed by atoms with Crippen molar-refractivity contribution in [2.75, 3.05) is 23.2 Å². The van der Waals surface area contributed by atoms with Crippen LogP contribution in [0.15, 0.2) is 24.3 Å². The van der Waals surface area contributed by atoms with Crippen LogP contribution in [0.4, 0.5) is 5.69 Å². The van der Waals surface area contributed by atoms with Gasteiger partial charge in [0.15, 0.2) is 9.84 Å². The molecule has 0 amide bonds. The van der Waals surface area contributed by atoms with Crippen molar-refractivity contribution in [2.24, 2.45) is 0 Å². The number of rotatable bonds is 5. The number of carbonyl (C=O) groups is 1. The van der Waals surface area contributed by atoms with E-state index in [0.29, 0.717) is 11.3 Å². The highest BCUT2D eigenvalue weighted by molar-refractivity contribution is 7.91. The Kier molecular flexibility index (Phi) is 4.98. The molecule has 0 atom stereocenters. The molecule has 0 saturated heterocycles. The highest BCUT2D eigenvalue weighted by Gasteiger charge is 2.14. The third-order valence-electron chi connectivity index (χ3n) is 2.32. The average molecular weight is 292 g/mol. The quantitative estimate of drug-likeness (QED) is 0.612. The summed E-state index contributed by atoms with van der Waals surface area (Å²) in [7, 11) is -1.91. The summed E-state index contributed by atoms with van der Waals surface area (Å²) in [5, 5.41) is 0. The van der Waals surface area contributed by atoms with Crippen LogP contribution in [0.25, 0.3) is 0 Å². The van der Waals surface area contributed by atoms with Gasteiger partial charge in [-0.1, -0.05) is 6.92 Å². The lowest BCUT2D eigenvalue weighted by Crippen LogP contribution is -2.22. The molecule has 0 N–H and O–H groups in total. The number of halogens is 1. The summed E-state index contributed by atoms with van der Waals surface area (Å²) in [6, 6.07) is 6.17.